The maximum atomic E-state index is 12.3. The second-order valence-corrected chi connectivity index (χ2v) is 5.93. The van der Waals surface area contributed by atoms with Crippen LogP contribution >= 0.6 is 0 Å². The molecular weight excluding hydrogens is 260 g/mol. The fraction of sp³-hybridized carbons (Fsp3) is 0.214. The van der Waals surface area contributed by atoms with E-state index in [0.717, 1.165) is 4.90 Å². The summed E-state index contributed by atoms with van der Waals surface area (Å²) in [4.78, 5) is 12.5. The first-order valence-corrected chi connectivity index (χ1v) is 7.09. The van der Waals surface area contributed by atoms with Crippen molar-refractivity contribution in [1.29, 1.82) is 0 Å². The van der Waals surface area contributed by atoms with Crippen molar-refractivity contribution in [2.75, 3.05) is 0 Å². The van der Waals surface area contributed by atoms with Crippen molar-refractivity contribution >= 4 is 16.7 Å². The van der Waals surface area contributed by atoms with Crippen LogP contribution in [0, 0.1) is 0 Å². The summed E-state index contributed by atoms with van der Waals surface area (Å²) in [6, 6.07) is 9.23. The minimum atomic E-state index is -1.21. The highest BCUT2D eigenvalue weighted by atomic mass is 32.2. The largest absolute Gasteiger partial charge is 0.335 e. The predicted octanol–water partition coefficient (Wildman–Crippen LogP) is 1.43. The van der Waals surface area contributed by atoms with Crippen LogP contribution in [0.5, 0.6) is 0 Å². The van der Waals surface area contributed by atoms with Gasteiger partial charge in [-0.1, -0.05) is 24.3 Å². The Morgan fingerprint density at radius 3 is 2.58 bits per heavy atom. The molecule has 19 heavy (non-hydrogen) atoms. The van der Waals surface area contributed by atoms with Crippen molar-refractivity contribution < 1.29 is 9.00 Å². The van der Waals surface area contributed by atoms with Crippen molar-refractivity contribution in [3.63, 3.8) is 0 Å². The Morgan fingerprint density at radius 2 is 2.05 bits per heavy atom. The number of benzene rings is 1. The van der Waals surface area contributed by atoms with Gasteiger partial charge in [-0.05, 0) is 24.3 Å². The first kappa shape index (κ1) is 13.7. The van der Waals surface area contributed by atoms with Gasteiger partial charge in [0.25, 0.3) is 0 Å². The van der Waals surface area contributed by atoms with Gasteiger partial charge in [0.05, 0.1) is 10.8 Å². The predicted molar refractivity (Wildman–Crippen MR) is 75.4 cm³/mol. The number of rotatable bonds is 3. The van der Waals surface area contributed by atoms with Gasteiger partial charge in [0.15, 0.2) is 0 Å². The Morgan fingerprint density at radius 1 is 1.37 bits per heavy atom. The molecule has 0 aromatic heterocycles. The van der Waals surface area contributed by atoms with E-state index in [-0.39, 0.29) is 5.91 Å². The van der Waals surface area contributed by atoms with Crippen LogP contribution in [0.1, 0.15) is 13.3 Å². The van der Waals surface area contributed by atoms with E-state index >= 15 is 0 Å². The molecule has 100 valence electrons. The number of allylic oxidation sites excluding steroid dienone is 1. The van der Waals surface area contributed by atoms with E-state index < -0.39 is 16.5 Å². The molecule has 0 fully saturated rings. The lowest BCUT2D eigenvalue weighted by atomic mass is 10.0. The number of carbonyl (C=O) groups is 1. The number of nitrogens with one attached hydrogen (secondary N) is 1. The number of nitrogens with two attached hydrogens (primary N) is 1. The molecule has 1 aliphatic rings. The lowest BCUT2D eigenvalue weighted by Crippen LogP contribution is -2.54. The Hall–Kier alpha value is -1.72. The normalized spacial score (nSPS) is 23.6. The second kappa shape index (κ2) is 5.50. The van der Waals surface area contributed by atoms with E-state index in [1.165, 1.54) is 6.92 Å². The van der Waals surface area contributed by atoms with Crippen LogP contribution in [-0.2, 0) is 15.6 Å². The number of hydrogen-bond donors (Lipinski definition) is 2. The summed E-state index contributed by atoms with van der Waals surface area (Å²) in [7, 11) is -1.21. The molecule has 1 aliphatic carbocycles. The molecule has 2 rings (SSSR count). The van der Waals surface area contributed by atoms with Gasteiger partial charge in [0.1, 0.15) is 5.66 Å². The molecule has 0 saturated heterocycles. The van der Waals surface area contributed by atoms with E-state index in [2.05, 4.69) is 5.32 Å². The van der Waals surface area contributed by atoms with Crippen molar-refractivity contribution in [3.8, 4) is 0 Å². The lowest BCUT2D eigenvalue weighted by Gasteiger charge is -2.28. The van der Waals surface area contributed by atoms with Crippen LogP contribution in [0.2, 0.25) is 0 Å². The maximum Gasteiger partial charge on any atom is 0.218 e. The van der Waals surface area contributed by atoms with Gasteiger partial charge in [-0.15, -0.1) is 0 Å². The highest BCUT2D eigenvalue weighted by Gasteiger charge is 2.25. The van der Waals surface area contributed by atoms with E-state index in [1.54, 1.807) is 18.2 Å². The lowest BCUT2D eigenvalue weighted by molar-refractivity contribution is -0.120. The summed E-state index contributed by atoms with van der Waals surface area (Å²) in [6.45, 7) is 1.42. The number of amides is 1. The van der Waals surface area contributed by atoms with Crippen molar-refractivity contribution in [2.24, 2.45) is 5.73 Å². The molecule has 0 heterocycles. The summed E-state index contributed by atoms with van der Waals surface area (Å²) in [6.07, 6.45) is 5.63. The zero-order valence-electron chi connectivity index (χ0n) is 10.6. The Labute approximate surface area is 114 Å². The summed E-state index contributed by atoms with van der Waals surface area (Å²) < 4.78 is 12.3. The molecule has 3 N–H and O–H groups in total. The van der Waals surface area contributed by atoms with Gasteiger partial charge in [-0.2, -0.15) is 0 Å². The summed E-state index contributed by atoms with van der Waals surface area (Å²) >= 11 is 0. The van der Waals surface area contributed by atoms with Crippen molar-refractivity contribution in [1.82, 2.24) is 5.32 Å². The van der Waals surface area contributed by atoms with E-state index in [1.807, 2.05) is 30.3 Å². The first-order chi connectivity index (χ1) is 9.00. The molecular formula is C14H16N2O2S. The van der Waals surface area contributed by atoms with Crippen LogP contribution in [0.4, 0.5) is 0 Å². The highest BCUT2D eigenvalue weighted by Crippen LogP contribution is 2.22. The molecule has 1 amide bonds. The van der Waals surface area contributed by atoms with Crippen LogP contribution in [0.3, 0.4) is 0 Å². The molecule has 1 aromatic rings. The Bertz CT molecular complexity index is 566. The standard InChI is InChI=1S/C14H16N2O2S/c1-11(17)16-14(15)9-7-13(8-10-14)19(18)12-5-3-2-4-6-12/h2-9H,10,15H2,1H3,(H,16,17)/t14-,19-/m0/s1. The fourth-order valence-corrected chi connectivity index (χ4v) is 2.98. The SMILES string of the molecule is CC(=O)N[C@@]1(N)C=CC([S@@](=O)c2ccccc2)=CC1. The molecule has 5 heteroatoms. The topological polar surface area (TPSA) is 72.2 Å². The minimum Gasteiger partial charge on any atom is -0.335 e. The highest BCUT2D eigenvalue weighted by molar-refractivity contribution is 7.89. The van der Waals surface area contributed by atoms with E-state index in [9.17, 15) is 9.00 Å². The van der Waals surface area contributed by atoms with Gasteiger partial charge in [0, 0.05) is 23.1 Å². The zero-order valence-corrected chi connectivity index (χ0v) is 11.4. The summed E-state index contributed by atoms with van der Waals surface area (Å²) in [5, 5.41) is 2.67. The average Bonchev–Trinajstić information content (AvgIpc) is 2.38. The smallest absolute Gasteiger partial charge is 0.218 e. The molecule has 2 atom stereocenters. The quantitative estimate of drug-likeness (QED) is 0.820. The molecule has 0 radical (unpaired) electrons. The monoisotopic (exact) mass is 276 g/mol. The third-order valence-electron chi connectivity index (χ3n) is 2.77. The molecule has 0 aliphatic heterocycles. The summed E-state index contributed by atoms with van der Waals surface area (Å²) in [5.41, 5.74) is 5.12. The molecule has 0 unspecified atom stereocenters. The van der Waals surface area contributed by atoms with Gasteiger partial charge in [-0.25, -0.2) is 4.21 Å². The fourth-order valence-electron chi connectivity index (χ4n) is 1.87. The minimum absolute atomic E-state index is 0.187. The van der Waals surface area contributed by atoms with Gasteiger partial charge in [-0.3, -0.25) is 4.79 Å². The van der Waals surface area contributed by atoms with E-state index in [0.29, 0.717) is 11.3 Å². The van der Waals surface area contributed by atoms with Crippen LogP contribution in [-0.4, -0.2) is 15.8 Å². The Balaban J connectivity index is 2.12. The first-order valence-electron chi connectivity index (χ1n) is 5.94. The average molecular weight is 276 g/mol. The zero-order chi connectivity index (χ0) is 13.9. The number of carbonyl (C=O) groups excluding carboxylic acids is 1. The molecule has 4 nitrogen and oxygen atoms in total. The Kier molecular flexibility index (Phi) is 3.97. The third kappa shape index (κ3) is 3.39. The molecule has 0 saturated carbocycles. The maximum absolute atomic E-state index is 12.3. The van der Waals surface area contributed by atoms with E-state index in [4.69, 9.17) is 5.73 Å². The van der Waals surface area contributed by atoms with Crippen LogP contribution in [0.15, 0.2) is 58.4 Å². The second-order valence-electron chi connectivity index (χ2n) is 4.45. The number of hydrogen-bond acceptors (Lipinski definition) is 3. The molecule has 1 aromatic carbocycles. The van der Waals surface area contributed by atoms with Crippen LogP contribution < -0.4 is 11.1 Å². The molecule has 0 spiro atoms. The molecule has 0 bridgehead atoms. The third-order valence-corrected chi connectivity index (χ3v) is 4.20. The summed E-state index contributed by atoms with van der Waals surface area (Å²) in [5.74, 6) is -0.187. The van der Waals surface area contributed by atoms with Gasteiger partial charge >= 0.3 is 0 Å². The van der Waals surface area contributed by atoms with Gasteiger partial charge in [0.2, 0.25) is 5.91 Å². The van der Waals surface area contributed by atoms with Crippen LogP contribution in [0.25, 0.3) is 0 Å². The van der Waals surface area contributed by atoms with Crippen molar-refractivity contribution in [2.45, 2.75) is 23.9 Å². The van der Waals surface area contributed by atoms with Gasteiger partial charge < -0.3 is 11.1 Å². The van der Waals surface area contributed by atoms with Crippen molar-refractivity contribution in [3.05, 3.63) is 53.5 Å².